The first-order valence-electron chi connectivity index (χ1n) is 5.70. The molecule has 1 aliphatic rings. The fourth-order valence-corrected chi connectivity index (χ4v) is 2.64. The molecule has 0 bridgehead atoms. The fraction of sp³-hybridized carbons (Fsp3) is 0.818. The van der Waals surface area contributed by atoms with Crippen molar-refractivity contribution < 1.29 is 9.53 Å². The van der Waals surface area contributed by atoms with Gasteiger partial charge in [-0.1, -0.05) is 18.7 Å². The zero-order valence-electron chi connectivity index (χ0n) is 10.2. The van der Waals surface area contributed by atoms with Crippen molar-refractivity contribution in [2.24, 2.45) is 4.99 Å². The third kappa shape index (κ3) is 4.04. The van der Waals surface area contributed by atoms with Gasteiger partial charge in [0.1, 0.15) is 6.54 Å². The Bertz CT molecular complexity index is 281. The highest BCUT2D eigenvalue weighted by Crippen LogP contribution is 2.24. The van der Waals surface area contributed by atoms with E-state index in [1.165, 1.54) is 0 Å². The van der Waals surface area contributed by atoms with E-state index >= 15 is 0 Å². The van der Waals surface area contributed by atoms with Gasteiger partial charge in [0.15, 0.2) is 5.17 Å². The lowest BCUT2D eigenvalue weighted by Crippen LogP contribution is -2.48. The van der Waals surface area contributed by atoms with Crippen molar-refractivity contribution in [3.63, 3.8) is 0 Å². The molecule has 1 fully saturated rings. The van der Waals surface area contributed by atoms with Gasteiger partial charge in [0.2, 0.25) is 0 Å². The van der Waals surface area contributed by atoms with Gasteiger partial charge in [-0.15, -0.1) is 0 Å². The molecule has 1 atom stereocenters. The number of nitrogens with zero attached hydrogens (tertiary/aromatic N) is 1. The smallest absolute Gasteiger partial charge is 0.327 e. The van der Waals surface area contributed by atoms with Crippen LogP contribution < -0.4 is 5.32 Å². The molecule has 5 heteroatoms. The summed E-state index contributed by atoms with van der Waals surface area (Å²) in [7, 11) is 0. The second-order valence-electron chi connectivity index (χ2n) is 4.06. The van der Waals surface area contributed by atoms with Crippen LogP contribution in [0.1, 0.15) is 33.6 Å². The molecule has 1 rings (SSSR count). The minimum atomic E-state index is -0.263. The number of ether oxygens (including phenoxy) is 1. The molecule has 1 saturated heterocycles. The van der Waals surface area contributed by atoms with E-state index in [0.29, 0.717) is 6.61 Å². The number of esters is 1. The van der Waals surface area contributed by atoms with E-state index in [-0.39, 0.29) is 18.1 Å². The molecule has 0 aliphatic carbocycles. The fourth-order valence-electron chi connectivity index (χ4n) is 1.42. The van der Waals surface area contributed by atoms with Crippen LogP contribution in [0.15, 0.2) is 4.99 Å². The molecule has 1 unspecified atom stereocenters. The average molecular weight is 244 g/mol. The van der Waals surface area contributed by atoms with Gasteiger partial charge >= 0.3 is 5.97 Å². The molecular weight excluding hydrogens is 224 g/mol. The van der Waals surface area contributed by atoms with E-state index in [0.717, 1.165) is 23.8 Å². The molecule has 0 spiro atoms. The second kappa shape index (κ2) is 6.13. The number of nitrogens with one attached hydrogen (secondary N) is 1. The third-order valence-corrected chi connectivity index (χ3v) is 3.65. The molecule has 0 amide bonds. The molecule has 0 aromatic carbocycles. The van der Waals surface area contributed by atoms with Gasteiger partial charge in [-0.25, -0.2) is 0 Å². The predicted molar refractivity (Wildman–Crippen MR) is 67.8 cm³/mol. The molecule has 4 nitrogen and oxygen atoms in total. The van der Waals surface area contributed by atoms with Crippen molar-refractivity contribution in [3.8, 4) is 0 Å². The standard InChI is InChI=1S/C11H20N2O2S/c1-4-11(3)6-7-16-10(13-11)12-8-9(14)15-5-2/h4-8H2,1-3H3,(H,12,13). The normalized spacial score (nSPS) is 27.6. The second-order valence-corrected chi connectivity index (χ2v) is 5.15. The van der Waals surface area contributed by atoms with Crippen molar-refractivity contribution in [3.05, 3.63) is 0 Å². The summed E-state index contributed by atoms with van der Waals surface area (Å²) in [6.45, 7) is 6.67. The summed E-state index contributed by atoms with van der Waals surface area (Å²) in [5, 5.41) is 4.25. The van der Waals surface area contributed by atoms with Crippen LogP contribution in [0.4, 0.5) is 0 Å². The number of carbonyl (C=O) groups excluding carboxylic acids is 1. The number of amidine groups is 1. The van der Waals surface area contributed by atoms with Crippen LogP contribution in [0.5, 0.6) is 0 Å². The number of hydrogen-bond donors (Lipinski definition) is 1. The summed E-state index contributed by atoms with van der Waals surface area (Å²) in [5.41, 5.74) is 0.124. The van der Waals surface area contributed by atoms with E-state index in [1.54, 1.807) is 18.7 Å². The Kier molecular flexibility index (Phi) is 5.12. The maximum Gasteiger partial charge on any atom is 0.327 e. The van der Waals surface area contributed by atoms with E-state index in [1.807, 2.05) is 0 Å². The van der Waals surface area contributed by atoms with Gasteiger partial charge < -0.3 is 10.1 Å². The third-order valence-electron chi connectivity index (χ3n) is 2.74. The van der Waals surface area contributed by atoms with E-state index < -0.39 is 0 Å². The largest absolute Gasteiger partial charge is 0.465 e. The number of carbonyl (C=O) groups is 1. The number of aliphatic imine (C=N–C) groups is 1. The molecular formula is C11H20N2O2S. The van der Waals surface area contributed by atoms with Crippen LogP contribution in [0.2, 0.25) is 0 Å². The minimum absolute atomic E-state index is 0.114. The first kappa shape index (κ1) is 13.4. The number of hydrogen-bond acceptors (Lipinski definition) is 4. The lowest BCUT2D eigenvalue weighted by Gasteiger charge is -2.35. The molecule has 0 radical (unpaired) electrons. The maximum absolute atomic E-state index is 11.2. The van der Waals surface area contributed by atoms with Crippen molar-refractivity contribution in [1.29, 1.82) is 0 Å². The first-order valence-corrected chi connectivity index (χ1v) is 6.69. The highest BCUT2D eigenvalue weighted by molar-refractivity contribution is 8.13. The molecule has 0 aromatic heterocycles. The van der Waals surface area contributed by atoms with Crippen LogP contribution in [0.25, 0.3) is 0 Å². The van der Waals surface area contributed by atoms with Crippen LogP contribution in [-0.2, 0) is 9.53 Å². The maximum atomic E-state index is 11.2. The van der Waals surface area contributed by atoms with E-state index in [9.17, 15) is 4.79 Å². The zero-order chi connectivity index (χ0) is 12.0. The highest BCUT2D eigenvalue weighted by Gasteiger charge is 2.27. The zero-order valence-corrected chi connectivity index (χ0v) is 11.0. The van der Waals surface area contributed by atoms with Crippen LogP contribution >= 0.6 is 11.8 Å². The summed E-state index contributed by atoms with van der Waals surface area (Å²) >= 11 is 1.67. The van der Waals surface area contributed by atoms with Crippen molar-refractivity contribution in [1.82, 2.24) is 5.32 Å². The molecule has 1 N–H and O–H groups in total. The van der Waals surface area contributed by atoms with Gasteiger partial charge in [0.25, 0.3) is 0 Å². The van der Waals surface area contributed by atoms with Crippen molar-refractivity contribution in [2.75, 3.05) is 18.9 Å². The Hall–Kier alpha value is -0.710. The van der Waals surface area contributed by atoms with E-state index in [4.69, 9.17) is 4.74 Å². The Morgan fingerprint density at radius 3 is 3.00 bits per heavy atom. The average Bonchev–Trinajstić information content (AvgIpc) is 2.27. The number of thioether (sulfide) groups is 1. The Labute approximate surface area is 101 Å². The summed E-state index contributed by atoms with van der Waals surface area (Å²) in [4.78, 5) is 15.4. The molecule has 92 valence electrons. The van der Waals surface area contributed by atoms with Crippen LogP contribution in [-0.4, -0.2) is 35.6 Å². The SMILES string of the molecule is CCOC(=O)CN=C1NC(C)(CC)CCS1. The lowest BCUT2D eigenvalue weighted by atomic mass is 9.96. The monoisotopic (exact) mass is 244 g/mol. The van der Waals surface area contributed by atoms with Crippen LogP contribution in [0.3, 0.4) is 0 Å². The Morgan fingerprint density at radius 1 is 1.62 bits per heavy atom. The summed E-state index contributed by atoms with van der Waals surface area (Å²) in [6.07, 6.45) is 2.19. The van der Waals surface area contributed by atoms with Gasteiger partial charge in [0, 0.05) is 11.3 Å². The topological polar surface area (TPSA) is 50.7 Å². The molecule has 0 saturated carbocycles. The first-order chi connectivity index (χ1) is 7.59. The highest BCUT2D eigenvalue weighted by atomic mass is 32.2. The van der Waals surface area contributed by atoms with Crippen molar-refractivity contribution >= 4 is 22.9 Å². The Morgan fingerprint density at radius 2 is 2.38 bits per heavy atom. The Balaban J connectivity index is 2.47. The summed E-state index contributed by atoms with van der Waals surface area (Å²) in [5.74, 6) is 0.792. The lowest BCUT2D eigenvalue weighted by molar-refractivity contribution is -0.141. The molecule has 1 heterocycles. The van der Waals surface area contributed by atoms with Gasteiger partial charge in [0.05, 0.1) is 6.61 Å². The quantitative estimate of drug-likeness (QED) is 0.766. The summed E-state index contributed by atoms with van der Waals surface area (Å²) < 4.78 is 4.83. The van der Waals surface area contributed by atoms with Crippen molar-refractivity contribution in [2.45, 2.75) is 39.2 Å². The molecule has 0 aromatic rings. The summed E-state index contributed by atoms with van der Waals surface area (Å²) in [6, 6.07) is 0. The minimum Gasteiger partial charge on any atom is -0.465 e. The predicted octanol–water partition coefficient (Wildman–Crippen LogP) is 1.80. The van der Waals surface area contributed by atoms with Gasteiger partial charge in [-0.3, -0.25) is 9.79 Å². The van der Waals surface area contributed by atoms with Crippen LogP contribution in [0, 0.1) is 0 Å². The van der Waals surface area contributed by atoms with Gasteiger partial charge in [-0.05, 0) is 26.7 Å². The molecule has 16 heavy (non-hydrogen) atoms. The molecule has 1 aliphatic heterocycles. The van der Waals surface area contributed by atoms with E-state index in [2.05, 4.69) is 24.2 Å². The van der Waals surface area contributed by atoms with Gasteiger partial charge in [-0.2, -0.15) is 0 Å². The number of rotatable bonds is 4.